The topological polar surface area (TPSA) is 96.2 Å². The zero-order valence-corrected chi connectivity index (χ0v) is 20.0. The largest absolute Gasteiger partial charge is 1.00 e. The van der Waals surface area contributed by atoms with Gasteiger partial charge in [-0.2, -0.15) is 0 Å². The van der Waals surface area contributed by atoms with Crippen molar-refractivity contribution in [3.63, 3.8) is 0 Å². The van der Waals surface area contributed by atoms with Gasteiger partial charge in [-0.3, -0.25) is 9.48 Å². The van der Waals surface area contributed by atoms with Crippen LogP contribution in [0, 0.1) is 6.92 Å². The molecule has 28 heavy (non-hydrogen) atoms. The number of anilines is 1. The number of hydrogen-bond donors (Lipinski definition) is 1. The number of nitrogens with one attached hydrogen (secondary N) is 1. The molecule has 0 atom stereocenters. The monoisotopic (exact) mass is 473 g/mol. The molecule has 3 aromatic rings. The van der Waals surface area contributed by atoms with Gasteiger partial charge in [0, 0.05) is 11.5 Å². The second-order valence-corrected chi connectivity index (χ2v) is 8.36. The van der Waals surface area contributed by atoms with Crippen LogP contribution in [-0.4, -0.2) is 28.2 Å². The van der Waals surface area contributed by atoms with E-state index in [2.05, 4.69) is 21.2 Å². The molecule has 0 aliphatic rings. The fourth-order valence-corrected chi connectivity index (χ4v) is 3.41. The fourth-order valence-electron chi connectivity index (χ4n) is 2.82. The Morgan fingerprint density at radius 1 is 1.11 bits per heavy atom. The van der Waals surface area contributed by atoms with Crippen molar-refractivity contribution in [3.8, 4) is 16.8 Å². The molecular weight excluding hydrogens is 457 g/mol. The van der Waals surface area contributed by atoms with Crippen molar-refractivity contribution in [1.29, 1.82) is 0 Å². The average molecular weight is 474 g/mol. The molecule has 0 unspecified atom stereocenters. The van der Waals surface area contributed by atoms with Gasteiger partial charge >= 0.3 is 29.6 Å². The Balaban J connectivity index is 0.00000280. The second-order valence-electron chi connectivity index (χ2n) is 6.04. The molecule has 7 nitrogen and oxygen atoms in total. The molecule has 1 aromatic heterocycles. The van der Waals surface area contributed by atoms with Gasteiger partial charge in [-0.1, -0.05) is 40.2 Å². The van der Waals surface area contributed by atoms with E-state index in [0.717, 1.165) is 15.6 Å². The van der Waals surface area contributed by atoms with Crippen LogP contribution in [0.25, 0.3) is 16.8 Å². The summed E-state index contributed by atoms with van der Waals surface area (Å²) in [7, 11) is -2.80. The minimum atomic E-state index is -4.49. The Morgan fingerprint density at radius 2 is 1.75 bits per heavy atom. The Kier molecular flexibility index (Phi) is 7.35. The first-order valence-electron chi connectivity index (χ1n) is 8.00. The van der Waals surface area contributed by atoms with Crippen LogP contribution in [0.3, 0.4) is 0 Å². The van der Waals surface area contributed by atoms with Crippen LogP contribution in [0.2, 0.25) is 0 Å². The molecule has 142 valence electrons. The van der Waals surface area contributed by atoms with Crippen molar-refractivity contribution in [2.45, 2.75) is 6.92 Å². The zero-order valence-electron chi connectivity index (χ0n) is 15.6. The second kappa shape index (κ2) is 8.98. The number of benzene rings is 2. The zero-order chi connectivity index (χ0) is 19.8. The normalized spacial score (nSPS) is 11.1. The Hall–Kier alpha value is -1.36. The molecule has 1 N–H and O–H groups in total. The van der Waals surface area contributed by atoms with Gasteiger partial charge in [0.05, 0.1) is 11.4 Å². The van der Waals surface area contributed by atoms with Gasteiger partial charge in [-0.15, -0.1) is 0 Å². The molecule has 3 rings (SSSR count). The van der Waals surface area contributed by atoms with Gasteiger partial charge in [0.2, 0.25) is 0 Å². The standard InChI is InChI=1S/C18H18BrN3O4S.Na/c1-12-17(20-11-27(24,25)26)18(23)22(21(12)2)16-5-3-4-14(10-16)13-6-8-15(19)9-7-13;/h3-10,20H,11H2,1-2H3,(H,24,25,26);/q;+1/p-1. The smallest absolute Gasteiger partial charge is 0.747 e. The number of hydrogen-bond acceptors (Lipinski definition) is 5. The number of nitrogens with zero attached hydrogens (tertiary/aromatic N) is 2. The van der Waals surface area contributed by atoms with Crippen LogP contribution in [0.15, 0.2) is 57.8 Å². The van der Waals surface area contributed by atoms with Crippen molar-refractivity contribution in [3.05, 3.63) is 69.1 Å². The maximum atomic E-state index is 12.8. The van der Waals surface area contributed by atoms with Gasteiger partial charge in [-0.05, 0) is 42.3 Å². The molecule has 0 spiro atoms. The van der Waals surface area contributed by atoms with E-state index < -0.39 is 21.6 Å². The van der Waals surface area contributed by atoms with Crippen LogP contribution < -0.4 is 40.4 Å². The Morgan fingerprint density at radius 3 is 2.36 bits per heavy atom. The van der Waals surface area contributed by atoms with Crippen LogP contribution in [0.4, 0.5) is 5.69 Å². The molecule has 0 saturated heterocycles. The molecule has 0 bridgehead atoms. The Bertz CT molecular complexity index is 1150. The van der Waals surface area contributed by atoms with E-state index in [-0.39, 0.29) is 35.2 Å². The van der Waals surface area contributed by atoms with Crippen molar-refractivity contribution < 1.29 is 42.5 Å². The molecule has 0 fully saturated rings. The van der Waals surface area contributed by atoms with Crippen LogP contribution >= 0.6 is 15.9 Å². The van der Waals surface area contributed by atoms with Crippen molar-refractivity contribution in [2.75, 3.05) is 11.2 Å². The molecule has 0 aliphatic carbocycles. The summed E-state index contributed by atoms with van der Waals surface area (Å²) in [5, 5.41) is 2.44. The van der Waals surface area contributed by atoms with E-state index in [1.54, 1.807) is 24.7 Å². The van der Waals surface area contributed by atoms with Crippen molar-refractivity contribution >= 4 is 31.7 Å². The van der Waals surface area contributed by atoms with E-state index in [4.69, 9.17) is 0 Å². The first-order valence-corrected chi connectivity index (χ1v) is 10.4. The molecule has 0 radical (unpaired) electrons. The van der Waals surface area contributed by atoms with E-state index in [1.807, 2.05) is 42.5 Å². The predicted molar refractivity (Wildman–Crippen MR) is 107 cm³/mol. The third kappa shape index (κ3) is 4.97. The first-order chi connectivity index (χ1) is 12.7. The maximum Gasteiger partial charge on any atom is 1.00 e. The Labute approximate surface area is 193 Å². The summed E-state index contributed by atoms with van der Waals surface area (Å²) in [6, 6.07) is 15.3. The summed E-state index contributed by atoms with van der Waals surface area (Å²) in [5.74, 6) is -0.841. The van der Waals surface area contributed by atoms with Gasteiger partial charge < -0.3 is 9.87 Å². The summed E-state index contributed by atoms with van der Waals surface area (Å²) in [5.41, 5.74) is 2.75. The van der Waals surface area contributed by atoms with E-state index in [0.29, 0.717) is 11.4 Å². The molecule has 0 amide bonds. The van der Waals surface area contributed by atoms with Crippen LogP contribution in [-0.2, 0) is 17.2 Å². The fraction of sp³-hybridized carbons (Fsp3) is 0.167. The van der Waals surface area contributed by atoms with E-state index in [9.17, 15) is 17.8 Å². The van der Waals surface area contributed by atoms with Crippen molar-refractivity contribution in [1.82, 2.24) is 9.36 Å². The molecule has 0 aliphatic heterocycles. The molecule has 1 heterocycles. The maximum absolute atomic E-state index is 12.8. The summed E-state index contributed by atoms with van der Waals surface area (Å²) < 4.78 is 36.6. The summed E-state index contributed by atoms with van der Waals surface area (Å²) in [4.78, 5) is 12.8. The third-order valence-electron chi connectivity index (χ3n) is 4.25. The molecule has 0 saturated carbocycles. The first kappa shape index (κ1) is 22.9. The summed E-state index contributed by atoms with van der Waals surface area (Å²) in [6.07, 6.45) is 0. The number of aromatic nitrogens is 2. The summed E-state index contributed by atoms with van der Waals surface area (Å²) >= 11 is 3.41. The number of halogens is 1. The van der Waals surface area contributed by atoms with Gasteiger partial charge in [0.1, 0.15) is 21.7 Å². The minimum absolute atomic E-state index is 0. The van der Waals surface area contributed by atoms with Crippen LogP contribution in [0.1, 0.15) is 5.69 Å². The summed E-state index contributed by atoms with van der Waals surface area (Å²) in [6.45, 7) is 1.68. The SMILES string of the molecule is Cc1c(NCS(=O)(=O)[O-])c(=O)n(-c2cccc(-c3ccc(Br)cc3)c2)n1C.[Na+]. The van der Waals surface area contributed by atoms with Gasteiger partial charge in [0.15, 0.2) is 0 Å². The van der Waals surface area contributed by atoms with Gasteiger partial charge in [0.25, 0.3) is 5.56 Å². The van der Waals surface area contributed by atoms with Crippen molar-refractivity contribution in [2.24, 2.45) is 7.05 Å². The average Bonchev–Trinajstić information content (AvgIpc) is 2.82. The molecular formula is C18H17BrN3NaO4S. The minimum Gasteiger partial charge on any atom is -0.747 e. The quantitative estimate of drug-likeness (QED) is 0.410. The number of rotatable bonds is 5. The van der Waals surface area contributed by atoms with E-state index in [1.165, 1.54) is 4.68 Å². The van der Waals surface area contributed by atoms with E-state index >= 15 is 0 Å². The van der Waals surface area contributed by atoms with Crippen LogP contribution in [0.5, 0.6) is 0 Å². The predicted octanol–water partition coefficient (Wildman–Crippen LogP) is -0.167. The molecule has 2 aromatic carbocycles. The third-order valence-corrected chi connectivity index (χ3v) is 5.27. The van der Waals surface area contributed by atoms with Gasteiger partial charge in [-0.25, -0.2) is 13.1 Å². The molecule has 10 heteroatoms.